The van der Waals surface area contributed by atoms with Gasteiger partial charge in [0.1, 0.15) is 11.2 Å². The molecule has 0 saturated heterocycles. The Bertz CT molecular complexity index is 2090. The molecule has 7 aromatic carbocycles. The Hall–Kier alpha value is -5.14. The third-order valence-corrected chi connectivity index (χ3v) is 7.87. The second-order valence-electron chi connectivity index (χ2n) is 10.1. The van der Waals surface area contributed by atoms with Crippen LogP contribution in [0.25, 0.3) is 76.9 Å². The molecule has 8 rings (SSSR count). The van der Waals surface area contributed by atoms with Crippen molar-refractivity contribution in [2.24, 2.45) is 0 Å². The Labute approximate surface area is 226 Å². The first-order chi connectivity index (χ1) is 19.4. The molecule has 39 heavy (non-hydrogen) atoms. The SMILES string of the molecule is c1ccc(-c2ccc3c(c2)oc2cccc(-c4c5ccccc5c(-c5ccccc5)c5ccccc45)c23)cc1. The molecule has 0 N–H and O–H groups in total. The highest BCUT2D eigenvalue weighted by Gasteiger charge is 2.20. The minimum atomic E-state index is 0.910. The summed E-state index contributed by atoms with van der Waals surface area (Å²) in [5.41, 5.74) is 9.13. The third kappa shape index (κ3) is 3.41. The minimum absolute atomic E-state index is 0.910. The van der Waals surface area contributed by atoms with Crippen LogP contribution in [0.15, 0.2) is 150 Å². The fourth-order valence-electron chi connectivity index (χ4n) is 6.18. The van der Waals surface area contributed by atoms with Gasteiger partial charge in [-0.3, -0.25) is 0 Å². The highest BCUT2D eigenvalue weighted by Crippen LogP contribution is 2.46. The third-order valence-electron chi connectivity index (χ3n) is 7.87. The Morgan fingerprint density at radius 1 is 0.333 bits per heavy atom. The van der Waals surface area contributed by atoms with E-state index >= 15 is 0 Å². The van der Waals surface area contributed by atoms with Crippen molar-refractivity contribution in [3.8, 4) is 33.4 Å². The largest absolute Gasteiger partial charge is 0.456 e. The predicted molar refractivity (Wildman–Crippen MR) is 165 cm³/mol. The summed E-state index contributed by atoms with van der Waals surface area (Å²) in [4.78, 5) is 0. The van der Waals surface area contributed by atoms with Crippen molar-refractivity contribution in [1.82, 2.24) is 0 Å². The lowest BCUT2D eigenvalue weighted by atomic mass is 9.85. The lowest BCUT2D eigenvalue weighted by molar-refractivity contribution is 0.669. The molecule has 182 valence electrons. The van der Waals surface area contributed by atoms with Gasteiger partial charge in [-0.25, -0.2) is 0 Å². The van der Waals surface area contributed by atoms with Crippen LogP contribution in [0, 0.1) is 0 Å². The molecule has 0 spiro atoms. The highest BCUT2D eigenvalue weighted by molar-refractivity contribution is 6.25. The van der Waals surface area contributed by atoms with Crippen LogP contribution >= 0.6 is 0 Å². The first-order valence-electron chi connectivity index (χ1n) is 13.4. The van der Waals surface area contributed by atoms with Crippen molar-refractivity contribution in [2.75, 3.05) is 0 Å². The zero-order chi connectivity index (χ0) is 25.8. The molecule has 0 radical (unpaired) electrons. The summed E-state index contributed by atoms with van der Waals surface area (Å²) in [5.74, 6) is 0. The molecule has 0 fully saturated rings. The molecular weight excluding hydrogens is 472 g/mol. The van der Waals surface area contributed by atoms with E-state index in [0.29, 0.717) is 0 Å². The van der Waals surface area contributed by atoms with Crippen LogP contribution in [0.4, 0.5) is 0 Å². The van der Waals surface area contributed by atoms with E-state index in [0.717, 1.165) is 27.5 Å². The van der Waals surface area contributed by atoms with Crippen molar-refractivity contribution in [2.45, 2.75) is 0 Å². The Balaban J connectivity index is 1.48. The van der Waals surface area contributed by atoms with E-state index < -0.39 is 0 Å². The van der Waals surface area contributed by atoms with E-state index in [9.17, 15) is 0 Å². The average Bonchev–Trinajstić information content (AvgIpc) is 3.39. The average molecular weight is 497 g/mol. The van der Waals surface area contributed by atoms with Crippen molar-refractivity contribution in [3.05, 3.63) is 146 Å². The highest BCUT2D eigenvalue weighted by atomic mass is 16.3. The van der Waals surface area contributed by atoms with Crippen molar-refractivity contribution in [1.29, 1.82) is 0 Å². The second kappa shape index (κ2) is 8.72. The summed E-state index contributed by atoms with van der Waals surface area (Å²) in [7, 11) is 0. The summed E-state index contributed by atoms with van der Waals surface area (Å²) in [6.45, 7) is 0. The van der Waals surface area contributed by atoms with Crippen molar-refractivity contribution >= 4 is 43.5 Å². The Kier molecular flexibility index (Phi) is 4.89. The van der Waals surface area contributed by atoms with Crippen LogP contribution in [0.3, 0.4) is 0 Å². The monoisotopic (exact) mass is 496 g/mol. The topological polar surface area (TPSA) is 13.1 Å². The summed E-state index contributed by atoms with van der Waals surface area (Å²) in [5, 5.41) is 7.31. The second-order valence-corrected chi connectivity index (χ2v) is 10.1. The number of fused-ring (bicyclic) bond motifs is 5. The van der Waals surface area contributed by atoms with Gasteiger partial charge < -0.3 is 4.42 Å². The van der Waals surface area contributed by atoms with Crippen molar-refractivity contribution < 1.29 is 4.42 Å². The molecule has 0 saturated carbocycles. The zero-order valence-electron chi connectivity index (χ0n) is 21.3. The molecule has 0 aliphatic carbocycles. The van der Waals surface area contributed by atoms with Gasteiger partial charge in [-0.05, 0) is 73.1 Å². The summed E-state index contributed by atoms with van der Waals surface area (Å²) in [6.07, 6.45) is 0. The van der Waals surface area contributed by atoms with Crippen molar-refractivity contribution in [3.63, 3.8) is 0 Å². The summed E-state index contributed by atoms with van der Waals surface area (Å²) in [6, 6.07) is 51.9. The number of rotatable bonds is 3. The summed E-state index contributed by atoms with van der Waals surface area (Å²) < 4.78 is 6.49. The van der Waals surface area contributed by atoms with E-state index in [-0.39, 0.29) is 0 Å². The predicted octanol–water partition coefficient (Wildman–Crippen LogP) is 10.9. The maximum atomic E-state index is 6.49. The van der Waals surface area contributed by atoms with Gasteiger partial charge in [0.25, 0.3) is 0 Å². The Morgan fingerprint density at radius 2 is 0.897 bits per heavy atom. The molecular formula is C38H24O. The van der Waals surface area contributed by atoms with Crippen LogP contribution in [-0.2, 0) is 0 Å². The van der Waals surface area contributed by atoms with Gasteiger partial charge in [0, 0.05) is 10.8 Å². The van der Waals surface area contributed by atoms with E-state index in [1.54, 1.807) is 0 Å². The molecule has 1 aromatic heterocycles. The molecule has 8 aromatic rings. The first-order valence-corrected chi connectivity index (χ1v) is 13.4. The lowest BCUT2D eigenvalue weighted by Gasteiger charge is -2.18. The van der Waals surface area contributed by atoms with Gasteiger partial charge in [0.15, 0.2) is 0 Å². The standard InChI is InChI=1S/C38H24O/c1-3-12-25(13-4-1)27-22-23-32-35(24-27)39-34-21-11-20-33(38(32)34)37-30-18-9-7-16-28(30)36(26-14-5-2-6-15-26)29-17-8-10-19-31(29)37/h1-24H. The van der Waals surface area contributed by atoms with Crippen LogP contribution in [-0.4, -0.2) is 0 Å². The first kappa shape index (κ1) is 21.9. The quantitative estimate of drug-likeness (QED) is 0.222. The van der Waals surface area contributed by atoms with Gasteiger partial charge in [-0.2, -0.15) is 0 Å². The number of hydrogen-bond acceptors (Lipinski definition) is 1. The van der Waals surface area contributed by atoms with E-state index in [2.05, 4.69) is 140 Å². The van der Waals surface area contributed by atoms with Gasteiger partial charge >= 0.3 is 0 Å². The molecule has 1 heterocycles. The Morgan fingerprint density at radius 3 is 1.54 bits per heavy atom. The van der Waals surface area contributed by atoms with Gasteiger partial charge in [-0.15, -0.1) is 0 Å². The molecule has 0 bridgehead atoms. The van der Waals surface area contributed by atoms with Crippen LogP contribution in [0.5, 0.6) is 0 Å². The molecule has 0 aliphatic rings. The van der Waals surface area contributed by atoms with Gasteiger partial charge in [-0.1, -0.05) is 127 Å². The zero-order valence-corrected chi connectivity index (χ0v) is 21.3. The van der Waals surface area contributed by atoms with Crippen LogP contribution in [0.1, 0.15) is 0 Å². The van der Waals surface area contributed by atoms with E-state index in [1.807, 2.05) is 6.07 Å². The molecule has 0 aliphatic heterocycles. The lowest BCUT2D eigenvalue weighted by Crippen LogP contribution is -1.91. The number of benzene rings is 7. The van der Waals surface area contributed by atoms with E-state index in [4.69, 9.17) is 4.42 Å². The fraction of sp³-hybridized carbons (Fsp3) is 0. The molecule has 0 unspecified atom stereocenters. The number of furan rings is 1. The number of hydrogen-bond donors (Lipinski definition) is 0. The van der Waals surface area contributed by atoms with Gasteiger partial charge in [0.05, 0.1) is 0 Å². The fourth-order valence-corrected chi connectivity index (χ4v) is 6.18. The van der Waals surface area contributed by atoms with E-state index in [1.165, 1.54) is 49.4 Å². The normalized spacial score (nSPS) is 11.6. The molecule has 1 heteroatoms. The molecule has 0 atom stereocenters. The smallest absolute Gasteiger partial charge is 0.136 e. The van der Waals surface area contributed by atoms with Crippen LogP contribution in [0.2, 0.25) is 0 Å². The maximum Gasteiger partial charge on any atom is 0.136 e. The van der Waals surface area contributed by atoms with Crippen LogP contribution < -0.4 is 0 Å². The molecule has 1 nitrogen and oxygen atoms in total. The minimum Gasteiger partial charge on any atom is -0.456 e. The summed E-state index contributed by atoms with van der Waals surface area (Å²) >= 11 is 0. The molecule has 0 amide bonds. The maximum absolute atomic E-state index is 6.49. The van der Waals surface area contributed by atoms with Gasteiger partial charge in [0.2, 0.25) is 0 Å².